The van der Waals surface area contributed by atoms with Gasteiger partial charge in [-0.15, -0.1) is 0 Å². The molecule has 11 nitrogen and oxygen atoms in total. The predicted octanol–water partition coefficient (Wildman–Crippen LogP) is 3.61. The summed E-state index contributed by atoms with van der Waals surface area (Å²) in [5.74, 6) is -1.91. The number of nitrogens with zero attached hydrogens (tertiary/aromatic N) is 2. The fourth-order valence-corrected chi connectivity index (χ4v) is 3.30. The second-order valence-corrected chi connectivity index (χ2v) is 7.85. The highest BCUT2D eigenvalue weighted by Crippen LogP contribution is 2.26. The van der Waals surface area contributed by atoms with Crippen LogP contribution in [-0.4, -0.2) is 28.6 Å². The Hall–Kier alpha value is -5.06. The van der Waals surface area contributed by atoms with Crippen molar-refractivity contribution in [3.05, 3.63) is 95.0 Å². The maximum Gasteiger partial charge on any atom is 0.269 e. The highest BCUT2D eigenvalue weighted by atomic mass is 16.6. The molecule has 3 rings (SSSR count). The predicted molar refractivity (Wildman–Crippen MR) is 137 cm³/mol. The van der Waals surface area contributed by atoms with Crippen molar-refractivity contribution in [2.75, 3.05) is 10.2 Å². The number of rotatable bonds is 10. The van der Waals surface area contributed by atoms with E-state index < -0.39 is 22.6 Å². The Morgan fingerprint density at radius 1 is 0.649 bits per heavy atom. The van der Waals surface area contributed by atoms with E-state index in [2.05, 4.69) is 16.2 Å². The van der Waals surface area contributed by atoms with E-state index in [9.17, 15) is 29.3 Å². The van der Waals surface area contributed by atoms with E-state index in [-0.39, 0.29) is 37.3 Å². The Balaban J connectivity index is 1.41. The molecule has 37 heavy (non-hydrogen) atoms. The minimum absolute atomic E-state index is 0.0941. The van der Waals surface area contributed by atoms with Crippen molar-refractivity contribution < 1.29 is 24.1 Å². The first kappa shape index (κ1) is 26.5. The van der Waals surface area contributed by atoms with Crippen LogP contribution in [-0.2, 0) is 19.2 Å². The van der Waals surface area contributed by atoms with Crippen molar-refractivity contribution in [3.63, 3.8) is 0 Å². The zero-order valence-electron chi connectivity index (χ0n) is 19.8. The van der Waals surface area contributed by atoms with Gasteiger partial charge in [-0.05, 0) is 36.4 Å². The van der Waals surface area contributed by atoms with Gasteiger partial charge < -0.3 is 5.32 Å². The molecule has 11 heteroatoms. The number of carbonyl (C=O) groups excluding carboxylic acids is 4. The van der Waals surface area contributed by atoms with Crippen LogP contribution in [0.15, 0.2) is 84.9 Å². The van der Waals surface area contributed by atoms with E-state index in [0.717, 1.165) is 0 Å². The summed E-state index contributed by atoms with van der Waals surface area (Å²) in [4.78, 5) is 60.7. The first-order valence-electron chi connectivity index (χ1n) is 11.4. The molecule has 0 aliphatic rings. The van der Waals surface area contributed by atoms with Crippen LogP contribution in [0.2, 0.25) is 0 Å². The summed E-state index contributed by atoms with van der Waals surface area (Å²) in [6.07, 6.45) is -0.618. The van der Waals surface area contributed by atoms with Gasteiger partial charge >= 0.3 is 0 Å². The summed E-state index contributed by atoms with van der Waals surface area (Å²) in [5, 5.41) is 13.2. The van der Waals surface area contributed by atoms with Gasteiger partial charge in [0.1, 0.15) is 0 Å². The average Bonchev–Trinajstić information content (AvgIpc) is 2.91. The lowest BCUT2D eigenvalue weighted by Gasteiger charge is -2.23. The minimum Gasteiger partial charge on any atom is -0.326 e. The van der Waals surface area contributed by atoms with E-state index in [1.165, 1.54) is 29.2 Å². The van der Waals surface area contributed by atoms with Crippen LogP contribution in [0.1, 0.15) is 25.7 Å². The smallest absolute Gasteiger partial charge is 0.269 e. The number of hydrogen-bond acceptors (Lipinski definition) is 6. The zero-order valence-corrected chi connectivity index (χ0v) is 19.8. The van der Waals surface area contributed by atoms with Crippen molar-refractivity contribution in [1.29, 1.82) is 0 Å². The quantitative estimate of drug-likeness (QED) is 0.284. The molecule has 3 aromatic rings. The molecule has 0 saturated heterocycles. The lowest BCUT2D eigenvalue weighted by molar-refractivity contribution is -0.384. The van der Waals surface area contributed by atoms with Crippen LogP contribution in [0.5, 0.6) is 0 Å². The monoisotopic (exact) mass is 503 g/mol. The van der Waals surface area contributed by atoms with Crippen LogP contribution >= 0.6 is 0 Å². The van der Waals surface area contributed by atoms with Gasteiger partial charge in [-0.2, -0.15) is 0 Å². The summed E-state index contributed by atoms with van der Waals surface area (Å²) >= 11 is 0. The van der Waals surface area contributed by atoms with Crippen LogP contribution < -0.4 is 21.1 Å². The molecule has 0 bridgehead atoms. The molecule has 0 heterocycles. The SMILES string of the molecule is O=C(CCC(=O)Nc1ccc([N+](=O)[O-])cc1)NNC(=O)CCC(=O)N(c1ccccc1)c1ccccc1. The number of benzene rings is 3. The standard InChI is InChI=1S/C26H25N5O6/c32-23(27-19-11-13-22(14-12-19)31(36)37)15-16-24(33)28-29-25(34)17-18-26(35)30(20-7-3-1-4-8-20)21-9-5-2-6-10-21/h1-14H,15-18H2,(H,27,32)(H,28,33)(H,29,34). The van der Waals surface area contributed by atoms with Gasteiger partial charge in [-0.25, -0.2) is 0 Å². The second-order valence-electron chi connectivity index (χ2n) is 7.85. The van der Waals surface area contributed by atoms with E-state index in [1.807, 2.05) is 36.4 Å². The van der Waals surface area contributed by atoms with Gasteiger partial charge in [-0.3, -0.25) is 45.0 Å². The van der Waals surface area contributed by atoms with Crippen molar-refractivity contribution in [2.45, 2.75) is 25.7 Å². The van der Waals surface area contributed by atoms with E-state index in [1.54, 1.807) is 24.3 Å². The topological polar surface area (TPSA) is 151 Å². The molecule has 3 N–H and O–H groups in total. The van der Waals surface area contributed by atoms with Gasteiger partial charge in [0.25, 0.3) is 5.69 Å². The fourth-order valence-electron chi connectivity index (χ4n) is 3.30. The number of non-ortho nitro benzene ring substituents is 1. The summed E-state index contributed by atoms with van der Waals surface area (Å²) in [6, 6.07) is 23.4. The summed E-state index contributed by atoms with van der Waals surface area (Å²) in [7, 11) is 0. The van der Waals surface area contributed by atoms with Gasteiger partial charge in [0.15, 0.2) is 0 Å². The maximum atomic E-state index is 12.9. The van der Waals surface area contributed by atoms with Gasteiger partial charge in [-0.1, -0.05) is 36.4 Å². The molecule has 0 aromatic heterocycles. The number of nitrogens with one attached hydrogen (secondary N) is 3. The number of nitro groups is 1. The normalized spacial score (nSPS) is 10.2. The van der Waals surface area contributed by atoms with E-state index in [4.69, 9.17) is 0 Å². The van der Waals surface area contributed by atoms with Crippen molar-refractivity contribution >= 4 is 46.4 Å². The Morgan fingerprint density at radius 3 is 1.59 bits per heavy atom. The third kappa shape index (κ3) is 8.28. The second kappa shape index (κ2) is 13.1. The highest BCUT2D eigenvalue weighted by Gasteiger charge is 2.19. The van der Waals surface area contributed by atoms with Crippen molar-refractivity contribution in [3.8, 4) is 0 Å². The van der Waals surface area contributed by atoms with Crippen molar-refractivity contribution in [1.82, 2.24) is 10.9 Å². The molecule has 0 spiro atoms. The molecular weight excluding hydrogens is 478 g/mol. The minimum atomic E-state index is -0.589. The molecular formula is C26H25N5O6. The Labute approximate surface area is 212 Å². The van der Waals surface area contributed by atoms with Gasteiger partial charge in [0.2, 0.25) is 23.6 Å². The van der Waals surface area contributed by atoms with E-state index in [0.29, 0.717) is 17.1 Å². The number of anilines is 3. The van der Waals surface area contributed by atoms with E-state index >= 15 is 0 Å². The first-order chi connectivity index (χ1) is 17.8. The zero-order chi connectivity index (χ0) is 26.6. The van der Waals surface area contributed by atoms with Gasteiger partial charge in [0.05, 0.1) is 4.92 Å². The molecule has 3 aromatic carbocycles. The average molecular weight is 504 g/mol. The molecule has 0 unspecified atom stereocenters. The molecule has 0 fully saturated rings. The Kier molecular flexibility index (Phi) is 9.43. The first-order valence-corrected chi connectivity index (χ1v) is 11.4. The number of hydrazine groups is 1. The lowest BCUT2D eigenvalue weighted by Crippen LogP contribution is -2.42. The molecule has 0 aliphatic carbocycles. The highest BCUT2D eigenvalue weighted by molar-refractivity contribution is 6.01. The molecule has 190 valence electrons. The molecule has 4 amide bonds. The number of nitro benzene ring substituents is 1. The maximum absolute atomic E-state index is 12.9. The lowest BCUT2D eigenvalue weighted by atomic mass is 10.2. The van der Waals surface area contributed by atoms with Crippen LogP contribution in [0, 0.1) is 10.1 Å². The number of para-hydroxylation sites is 2. The van der Waals surface area contributed by atoms with Crippen LogP contribution in [0.4, 0.5) is 22.7 Å². The largest absolute Gasteiger partial charge is 0.326 e. The summed E-state index contributed by atoms with van der Waals surface area (Å²) in [5.41, 5.74) is 6.04. The number of amides is 4. The summed E-state index contributed by atoms with van der Waals surface area (Å²) < 4.78 is 0. The Bertz CT molecular complexity index is 1210. The fraction of sp³-hybridized carbons (Fsp3) is 0.154. The third-order valence-corrected chi connectivity index (χ3v) is 5.13. The molecule has 0 aliphatic heterocycles. The third-order valence-electron chi connectivity index (χ3n) is 5.13. The van der Waals surface area contributed by atoms with Crippen molar-refractivity contribution in [2.24, 2.45) is 0 Å². The van der Waals surface area contributed by atoms with Gasteiger partial charge in [0, 0.05) is 54.9 Å². The van der Waals surface area contributed by atoms with Crippen LogP contribution in [0.25, 0.3) is 0 Å². The summed E-state index contributed by atoms with van der Waals surface area (Å²) in [6.45, 7) is 0. The molecule has 0 radical (unpaired) electrons. The molecule has 0 atom stereocenters. The number of hydrogen-bond donors (Lipinski definition) is 3. The number of carbonyl (C=O) groups is 4. The Morgan fingerprint density at radius 2 is 1.11 bits per heavy atom. The molecule has 0 saturated carbocycles. The van der Waals surface area contributed by atoms with Crippen LogP contribution in [0.3, 0.4) is 0 Å².